The molecule has 1 atom stereocenters. The summed E-state index contributed by atoms with van der Waals surface area (Å²) < 4.78 is 52.2. The largest absolute Gasteiger partial charge is 0.416 e. The minimum absolute atomic E-state index is 0.136. The molecule has 3 heterocycles. The molecule has 1 unspecified atom stereocenters. The van der Waals surface area contributed by atoms with Crippen molar-refractivity contribution in [1.82, 2.24) is 9.13 Å². The van der Waals surface area contributed by atoms with Gasteiger partial charge in [-0.25, -0.2) is 0 Å². The van der Waals surface area contributed by atoms with E-state index in [0.717, 1.165) is 82.6 Å². The summed E-state index contributed by atoms with van der Waals surface area (Å²) in [5.41, 5.74) is 11.9. The van der Waals surface area contributed by atoms with E-state index in [1.807, 2.05) is 102 Å². The predicted molar refractivity (Wildman–Crippen MR) is 250 cm³/mol. The average Bonchev–Trinajstić information content (AvgIpc) is 3.81. The maximum absolute atomic E-state index is 16.0. The molecule has 1 aliphatic heterocycles. The molecule has 0 amide bonds. The number of para-hydroxylation sites is 2. The van der Waals surface area contributed by atoms with Crippen molar-refractivity contribution in [2.75, 3.05) is 0 Å². The molecule has 0 spiro atoms. The zero-order valence-electron chi connectivity index (χ0n) is 34.2. The number of rotatable bonds is 6. The number of halogens is 3. The molecule has 8 aromatic carbocycles. The number of aromatic nitrogens is 2. The molecular formula is C56H40F3N3. The fourth-order valence-electron chi connectivity index (χ4n) is 9.61. The van der Waals surface area contributed by atoms with Gasteiger partial charge in [0.15, 0.2) is 0 Å². The van der Waals surface area contributed by atoms with Crippen LogP contribution in [-0.2, 0) is 6.18 Å². The van der Waals surface area contributed by atoms with Gasteiger partial charge in [-0.2, -0.15) is 13.2 Å². The van der Waals surface area contributed by atoms with Gasteiger partial charge >= 0.3 is 6.18 Å². The Morgan fingerprint density at radius 2 is 0.968 bits per heavy atom. The topological polar surface area (TPSA) is 22.2 Å². The number of hydrogen-bond acceptors (Lipinski definition) is 1. The average molecular weight is 812 g/mol. The molecule has 10 aromatic rings. The fraction of sp³-hybridized carbons (Fsp3) is 0.0893. The molecule has 2 aromatic heterocycles. The summed E-state index contributed by atoms with van der Waals surface area (Å²) in [6.07, 6.45) is -0.491. The summed E-state index contributed by atoms with van der Waals surface area (Å²) in [7, 11) is 0. The second-order valence-electron chi connectivity index (χ2n) is 16.3. The van der Waals surface area contributed by atoms with Crippen molar-refractivity contribution >= 4 is 49.3 Å². The van der Waals surface area contributed by atoms with E-state index >= 15 is 13.2 Å². The number of nitrogens with zero attached hydrogens (tertiary/aromatic N) is 3. The molecular weight excluding hydrogens is 772 g/mol. The first kappa shape index (κ1) is 37.6. The van der Waals surface area contributed by atoms with E-state index in [1.165, 1.54) is 6.07 Å². The normalized spacial score (nSPS) is 14.3. The molecule has 0 radical (unpaired) electrons. The molecule has 3 nitrogen and oxygen atoms in total. The van der Waals surface area contributed by atoms with Gasteiger partial charge in [0.05, 0.1) is 50.8 Å². The summed E-state index contributed by atoms with van der Waals surface area (Å²) in [6.45, 7) is 4.19. The second-order valence-corrected chi connectivity index (χ2v) is 16.3. The van der Waals surface area contributed by atoms with Crippen LogP contribution < -0.4 is 0 Å². The summed E-state index contributed by atoms with van der Waals surface area (Å²) in [5.74, 6) is 0. The summed E-state index contributed by atoms with van der Waals surface area (Å²) in [5, 5.41) is 3.95. The molecule has 62 heavy (non-hydrogen) atoms. The Bertz CT molecular complexity index is 3460. The smallest absolute Gasteiger partial charge is 0.307 e. The van der Waals surface area contributed by atoms with Gasteiger partial charge in [0.1, 0.15) is 0 Å². The highest BCUT2D eigenvalue weighted by Crippen LogP contribution is 2.46. The van der Waals surface area contributed by atoms with Crippen LogP contribution in [-0.4, -0.2) is 14.8 Å². The van der Waals surface area contributed by atoms with Crippen LogP contribution in [0.3, 0.4) is 0 Å². The van der Waals surface area contributed by atoms with Crippen molar-refractivity contribution in [1.29, 1.82) is 0 Å². The van der Waals surface area contributed by atoms with Crippen LogP contribution in [0.2, 0.25) is 0 Å². The zero-order chi connectivity index (χ0) is 42.1. The van der Waals surface area contributed by atoms with Gasteiger partial charge < -0.3 is 9.13 Å². The van der Waals surface area contributed by atoms with Crippen LogP contribution in [0.5, 0.6) is 0 Å². The van der Waals surface area contributed by atoms with Crippen molar-refractivity contribution in [2.24, 2.45) is 4.99 Å². The number of aliphatic imine (C=N–C) groups is 1. The van der Waals surface area contributed by atoms with Gasteiger partial charge in [-0.1, -0.05) is 146 Å². The second kappa shape index (κ2) is 14.6. The summed E-state index contributed by atoms with van der Waals surface area (Å²) in [6, 6.07) is 57.6. The third-order valence-electron chi connectivity index (χ3n) is 12.6. The molecule has 1 aliphatic rings. The van der Waals surface area contributed by atoms with E-state index in [9.17, 15) is 0 Å². The van der Waals surface area contributed by atoms with Crippen molar-refractivity contribution in [3.05, 3.63) is 216 Å². The van der Waals surface area contributed by atoms with E-state index < -0.39 is 17.8 Å². The molecule has 300 valence electrons. The maximum atomic E-state index is 16.0. The first-order valence-corrected chi connectivity index (χ1v) is 21.0. The van der Waals surface area contributed by atoms with E-state index in [0.29, 0.717) is 23.5 Å². The van der Waals surface area contributed by atoms with E-state index in [2.05, 4.69) is 97.3 Å². The van der Waals surface area contributed by atoms with E-state index in [1.54, 1.807) is 6.07 Å². The number of benzene rings is 8. The van der Waals surface area contributed by atoms with Gasteiger partial charge in [-0.3, -0.25) is 4.99 Å². The lowest BCUT2D eigenvalue weighted by atomic mass is 9.93. The highest BCUT2D eigenvalue weighted by molar-refractivity contribution is 6.13. The van der Waals surface area contributed by atoms with Crippen LogP contribution >= 0.6 is 0 Å². The quantitative estimate of drug-likeness (QED) is 0.160. The van der Waals surface area contributed by atoms with E-state index in [-0.39, 0.29) is 5.56 Å². The van der Waals surface area contributed by atoms with Gasteiger partial charge in [0, 0.05) is 21.5 Å². The lowest BCUT2D eigenvalue weighted by Gasteiger charge is -2.25. The number of dihydropyridines is 1. The van der Waals surface area contributed by atoms with Gasteiger partial charge in [-0.05, 0) is 107 Å². The SMILES string of the molecule is Cc1ccccc1-c1ccc2c3ccccc3n(-c3cc(C4CC=CC(c5ccccc5)=N4)c(C(F)(F)F)cc3-n3c4ccccc4c4ccc(-c5ccccc5C)cc43)c2c1. The van der Waals surface area contributed by atoms with Gasteiger partial charge in [0.2, 0.25) is 0 Å². The predicted octanol–water partition coefficient (Wildman–Crippen LogP) is 15.3. The molecule has 0 bridgehead atoms. The maximum Gasteiger partial charge on any atom is 0.416 e. The summed E-state index contributed by atoms with van der Waals surface area (Å²) in [4.78, 5) is 5.07. The number of allylic oxidation sites excluding steroid dienone is 1. The number of hydrogen-bond donors (Lipinski definition) is 0. The third kappa shape index (κ3) is 6.16. The monoisotopic (exact) mass is 811 g/mol. The Kier molecular flexibility index (Phi) is 8.86. The number of fused-ring (bicyclic) bond motifs is 6. The third-order valence-corrected chi connectivity index (χ3v) is 12.6. The highest BCUT2D eigenvalue weighted by atomic mass is 19.4. The molecule has 6 heteroatoms. The number of alkyl halides is 3. The molecule has 11 rings (SSSR count). The van der Waals surface area contributed by atoms with Crippen molar-refractivity contribution in [2.45, 2.75) is 32.5 Å². The molecule has 0 fully saturated rings. The lowest BCUT2D eigenvalue weighted by Crippen LogP contribution is -2.17. The minimum atomic E-state index is -4.68. The Morgan fingerprint density at radius 1 is 0.484 bits per heavy atom. The Hall–Kier alpha value is -7.44. The first-order chi connectivity index (χ1) is 30.2. The minimum Gasteiger partial charge on any atom is -0.307 e. The van der Waals surface area contributed by atoms with Crippen LogP contribution in [0.25, 0.3) is 77.2 Å². The van der Waals surface area contributed by atoms with Crippen LogP contribution in [0.15, 0.2) is 193 Å². The molecule has 0 saturated carbocycles. The fourth-order valence-corrected chi connectivity index (χ4v) is 9.61. The Labute approximate surface area is 357 Å². The first-order valence-electron chi connectivity index (χ1n) is 21.0. The van der Waals surface area contributed by atoms with Crippen molar-refractivity contribution in [3.63, 3.8) is 0 Å². The zero-order valence-corrected chi connectivity index (χ0v) is 34.2. The van der Waals surface area contributed by atoms with Crippen LogP contribution in [0.1, 0.15) is 40.3 Å². The molecule has 0 N–H and O–H groups in total. The highest BCUT2D eigenvalue weighted by Gasteiger charge is 2.38. The van der Waals surface area contributed by atoms with Crippen LogP contribution in [0.4, 0.5) is 13.2 Å². The van der Waals surface area contributed by atoms with Gasteiger partial charge in [-0.15, -0.1) is 0 Å². The van der Waals surface area contributed by atoms with Crippen molar-refractivity contribution < 1.29 is 13.2 Å². The summed E-state index contributed by atoms with van der Waals surface area (Å²) >= 11 is 0. The van der Waals surface area contributed by atoms with Crippen molar-refractivity contribution in [3.8, 4) is 33.6 Å². The molecule has 0 saturated heterocycles. The van der Waals surface area contributed by atoms with Gasteiger partial charge in [0.25, 0.3) is 0 Å². The standard InChI is InChI=1S/C56H40F3N3/c1-35-15-6-8-19-40(35)38-27-29-44-42-21-10-12-25-50(42)61(52(44)31-38)54-33-46(49-24-14-23-48(60-49)37-17-4-3-5-18-37)47(56(57,58)59)34-55(54)62-51-26-13-11-22-43(51)45-30-28-39(32-53(45)62)41-20-9-7-16-36(41)2/h3-23,25-34,49H,24H2,1-2H3. The van der Waals surface area contributed by atoms with Crippen LogP contribution in [0, 0.1) is 13.8 Å². The number of aryl methyl sites for hydroxylation is 2. The molecule has 0 aliphatic carbocycles. The Balaban J connectivity index is 1.28. The van der Waals surface area contributed by atoms with E-state index in [4.69, 9.17) is 4.99 Å². The Morgan fingerprint density at radius 3 is 1.52 bits per heavy atom. The lowest BCUT2D eigenvalue weighted by molar-refractivity contribution is -0.138.